The van der Waals surface area contributed by atoms with Gasteiger partial charge in [0.1, 0.15) is 5.54 Å². The second-order valence-electron chi connectivity index (χ2n) is 6.42. The molecule has 1 fully saturated rings. The van der Waals surface area contributed by atoms with Gasteiger partial charge >= 0.3 is 6.03 Å². The topological polar surface area (TPSA) is 105 Å². The van der Waals surface area contributed by atoms with Gasteiger partial charge in [-0.2, -0.15) is 5.10 Å². The Morgan fingerprint density at radius 1 is 1.18 bits per heavy atom. The molecular formula is C20H20N4O4. The summed E-state index contributed by atoms with van der Waals surface area (Å²) in [5.74, 6) is -0.484. The number of hydrogen-bond acceptors (Lipinski definition) is 5. The van der Waals surface area contributed by atoms with Crippen LogP contribution in [0, 0.1) is 10.1 Å². The zero-order valence-corrected chi connectivity index (χ0v) is 15.6. The average molecular weight is 380 g/mol. The number of nitro groups is 1. The Labute approximate surface area is 162 Å². The Morgan fingerprint density at radius 3 is 2.50 bits per heavy atom. The first-order chi connectivity index (χ1) is 13.4. The Bertz CT molecular complexity index is 958. The van der Waals surface area contributed by atoms with Gasteiger partial charge in [-0.25, -0.2) is 4.79 Å². The van der Waals surface area contributed by atoms with Gasteiger partial charge in [-0.15, -0.1) is 5.01 Å². The molecule has 1 saturated heterocycles. The zero-order valence-electron chi connectivity index (χ0n) is 15.6. The standard InChI is InChI=1S/C20H20N4O4/c1-3-15-11-10-14(12-17(15)24(27)28)13-21-23-18(25)20(4-2,22-19(23)26)16-8-6-5-7-9-16/h5-13H,3-4H2,1-2H3,(H,22,26)/b21-13-/t20-/m1/s1. The third-order valence-corrected chi connectivity index (χ3v) is 4.88. The lowest BCUT2D eigenvalue weighted by Crippen LogP contribution is -2.43. The summed E-state index contributed by atoms with van der Waals surface area (Å²) in [5.41, 5.74) is 0.519. The monoisotopic (exact) mass is 380 g/mol. The van der Waals surface area contributed by atoms with Crippen molar-refractivity contribution in [2.45, 2.75) is 32.2 Å². The van der Waals surface area contributed by atoms with Gasteiger partial charge in [0.05, 0.1) is 11.1 Å². The molecule has 28 heavy (non-hydrogen) atoms. The summed E-state index contributed by atoms with van der Waals surface area (Å²) >= 11 is 0. The summed E-state index contributed by atoms with van der Waals surface area (Å²) in [7, 11) is 0. The van der Waals surface area contributed by atoms with E-state index in [-0.39, 0.29) is 5.69 Å². The first-order valence-corrected chi connectivity index (χ1v) is 8.96. The second kappa shape index (κ2) is 7.59. The SMILES string of the molecule is CCc1ccc(/C=N\N2C(=O)N[C@](CC)(c3ccccc3)C2=O)cc1[N+](=O)[O-]. The van der Waals surface area contributed by atoms with Crippen LogP contribution in [0.25, 0.3) is 0 Å². The van der Waals surface area contributed by atoms with Gasteiger partial charge in [-0.3, -0.25) is 14.9 Å². The Hall–Kier alpha value is -3.55. The molecule has 0 spiro atoms. The number of imide groups is 1. The molecule has 0 aliphatic carbocycles. The van der Waals surface area contributed by atoms with Crippen LogP contribution in [0.15, 0.2) is 53.6 Å². The lowest BCUT2D eigenvalue weighted by molar-refractivity contribution is -0.385. The van der Waals surface area contributed by atoms with E-state index >= 15 is 0 Å². The number of carbonyl (C=O) groups excluding carboxylic acids is 2. The highest BCUT2D eigenvalue weighted by Gasteiger charge is 2.51. The van der Waals surface area contributed by atoms with Crippen LogP contribution in [0.4, 0.5) is 10.5 Å². The molecule has 1 heterocycles. The summed E-state index contributed by atoms with van der Waals surface area (Å²) in [6.45, 7) is 3.64. The summed E-state index contributed by atoms with van der Waals surface area (Å²) in [6.07, 6.45) is 2.17. The number of aryl methyl sites for hydroxylation is 1. The molecule has 2 aromatic carbocycles. The van der Waals surface area contributed by atoms with Crippen molar-refractivity contribution in [3.05, 3.63) is 75.3 Å². The van der Waals surface area contributed by atoms with Crippen LogP contribution < -0.4 is 5.32 Å². The van der Waals surface area contributed by atoms with Gasteiger partial charge in [0.15, 0.2) is 0 Å². The molecule has 0 aromatic heterocycles. The Kier molecular flexibility index (Phi) is 5.21. The van der Waals surface area contributed by atoms with E-state index in [4.69, 9.17) is 0 Å². The van der Waals surface area contributed by atoms with Crippen LogP contribution in [0.3, 0.4) is 0 Å². The fraction of sp³-hybridized carbons (Fsp3) is 0.250. The van der Waals surface area contributed by atoms with Crippen LogP contribution in [-0.4, -0.2) is 28.1 Å². The molecule has 0 unspecified atom stereocenters. The molecule has 1 aliphatic rings. The van der Waals surface area contributed by atoms with Crippen molar-refractivity contribution in [2.24, 2.45) is 5.10 Å². The highest BCUT2D eigenvalue weighted by Crippen LogP contribution is 2.32. The minimum absolute atomic E-state index is 0.0177. The fourth-order valence-electron chi connectivity index (χ4n) is 3.28. The quantitative estimate of drug-likeness (QED) is 0.359. The summed E-state index contributed by atoms with van der Waals surface area (Å²) in [6, 6.07) is 13.0. The molecule has 144 valence electrons. The molecule has 1 aliphatic heterocycles. The first-order valence-electron chi connectivity index (χ1n) is 8.96. The number of carbonyl (C=O) groups is 2. The summed E-state index contributed by atoms with van der Waals surface area (Å²) in [5, 5.41) is 18.7. The normalized spacial score (nSPS) is 19.3. The maximum absolute atomic E-state index is 13.0. The van der Waals surface area contributed by atoms with Gasteiger partial charge in [0.2, 0.25) is 0 Å². The van der Waals surface area contributed by atoms with E-state index < -0.39 is 22.4 Å². The van der Waals surface area contributed by atoms with Crippen molar-refractivity contribution in [2.75, 3.05) is 0 Å². The summed E-state index contributed by atoms with van der Waals surface area (Å²) < 4.78 is 0. The maximum Gasteiger partial charge on any atom is 0.346 e. The number of nitrogens with one attached hydrogen (secondary N) is 1. The number of hydrogen-bond donors (Lipinski definition) is 1. The van der Waals surface area contributed by atoms with E-state index in [1.54, 1.807) is 36.4 Å². The molecular weight excluding hydrogens is 360 g/mol. The van der Waals surface area contributed by atoms with Gasteiger partial charge in [-0.1, -0.05) is 56.3 Å². The zero-order chi connectivity index (χ0) is 20.3. The number of hydrazone groups is 1. The van der Waals surface area contributed by atoms with Gasteiger partial charge in [-0.05, 0) is 18.4 Å². The van der Waals surface area contributed by atoms with Crippen molar-refractivity contribution in [1.29, 1.82) is 0 Å². The van der Waals surface area contributed by atoms with Crippen LogP contribution in [-0.2, 0) is 16.8 Å². The van der Waals surface area contributed by atoms with E-state index in [1.165, 1.54) is 12.3 Å². The van der Waals surface area contributed by atoms with Crippen molar-refractivity contribution < 1.29 is 14.5 Å². The average Bonchev–Trinajstić information content (AvgIpc) is 2.97. The highest BCUT2D eigenvalue weighted by molar-refractivity contribution is 6.07. The van der Waals surface area contributed by atoms with Gasteiger partial charge in [0.25, 0.3) is 11.6 Å². The molecule has 1 N–H and O–H groups in total. The number of nitrogens with zero attached hydrogens (tertiary/aromatic N) is 3. The summed E-state index contributed by atoms with van der Waals surface area (Å²) in [4.78, 5) is 36.1. The second-order valence-corrected chi connectivity index (χ2v) is 6.42. The largest absolute Gasteiger partial charge is 0.346 e. The predicted molar refractivity (Wildman–Crippen MR) is 104 cm³/mol. The Morgan fingerprint density at radius 2 is 1.89 bits per heavy atom. The van der Waals surface area contributed by atoms with Gasteiger partial charge < -0.3 is 5.32 Å². The van der Waals surface area contributed by atoms with Crippen molar-refractivity contribution in [1.82, 2.24) is 10.3 Å². The van der Waals surface area contributed by atoms with Crippen molar-refractivity contribution in [3.63, 3.8) is 0 Å². The highest BCUT2D eigenvalue weighted by atomic mass is 16.6. The molecule has 8 nitrogen and oxygen atoms in total. The van der Waals surface area contributed by atoms with E-state index in [1.807, 2.05) is 19.9 Å². The number of rotatable bonds is 6. The third-order valence-electron chi connectivity index (χ3n) is 4.88. The van der Waals surface area contributed by atoms with Crippen molar-refractivity contribution in [3.8, 4) is 0 Å². The fourth-order valence-corrected chi connectivity index (χ4v) is 3.28. The molecule has 3 rings (SSSR count). The van der Waals surface area contributed by atoms with Gasteiger partial charge in [0, 0.05) is 17.2 Å². The minimum atomic E-state index is -1.17. The van der Waals surface area contributed by atoms with E-state index in [0.717, 1.165) is 5.01 Å². The smallest absolute Gasteiger partial charge is 0.318 e. The number of amides is 3. The Balaban J connectivity index is 1.91. The van der Waals surface area contributed by atoms with Crippen LogP contribution >= 0.6 is 0 Å². The van der Waals surface area contributed by atoms with E-state index in [0.29, 0.717) is 29.5 Å². The van der Waals surface area contributed by atoms with Crippen LogP contribution in [0.1, 0.15) is 37.0 Å². The van der Waals surface area contributed by atoms with Crippen LogP contribution in [0.5, 0.6) is 0 Å². The molecule has 2 aromatic rings. The minimum Gasteiger partial charge on any atom is -0.318 e. The number of urea groups is 1. The number of benzene rings is 2. The number of nitro benzene ring substituents is 1. The molecule has 1 atom stereocenters. The predicted octanol–water partition coefficient (Wildman–Crippen LogP) is 3.35. The van der Waals surface area contributed by atoms with Crippen LogP contribution in [0.2, 0.25) is 0 Å². The molecule has 0 bridgehead atoms. The molecule has 8 heteroatoms. The third kappa shape index (κ3) is 3.24. The molecule has 3 amide bonds. The van der Waals surface area contributed by atoms with E-state index in [9.17, 15) is 19.7 Å². The van der Waals surface area contributed by atoms with Crippen molar-refractivity contribution >= 4 is 23.8 Å². The molecule has 0 saturated carbocycles. The van der Waals surface area contributed by atoms with E-state index in [2.05, 4.69) is 10.4 Å². The molecule has 0 radical (unpaired) electrons. The first kappa shape index (κ1) is 19.2. The lowest BCUT2D eigenvalue weighted by atomic mass is 9.87. The maximum atomic E-state index is 13.0. The lowest BCUT2D eigenvalue weighted by Gasteiger charge is -2.24.